The predicted molar refractivity (Wildman–Crippen MR) is 130 cm³/mol. The molecular weight excluding hydrogens is 456 g/mol. The highest BCUT2D eigenvalue weighted by Crippen LogP contribution is 2.27. The molecule has 174 valence electrons. The van der Waals surface area contributed by atoms with Gasteiger partial charge in [0.05, 0.1) is 10.6 Å². The van der Waals surface area contributed by atoms with Crippen LogP contribution in [0.5, 0.6) is 0 Å². The Morgan fingerprint density at radius 1 is 1.12 bits per heavy atom. The molecule has 1 aromatic carbocycles. The first kappa shape index (κ1) is 23.5. The second-order valence-electron chi connectivity index (χ2n) is 7.99. The van der Waals surface area contributed by atoms with Crippen LogP contribution in [0.3, 0.4) is 0 Å². The first-order valence-corrected chi connectivity index (χ1v) is 13.1. The Labute approximate surface area is 202 Å². The number of benzene rings is 1. The van der Waals surface area contributed by atoms with Crippen molar-refractivity contribution in [2.75, 3.05) is 25.4 Å². The first-order chi connectivity index (χ1) is 16.1. The van der Waals surface area contributed by atoms with Crippen molar-refractivity contribution in [3.8, 4) is 10.7 Å². The van der Waals surface area contributed by atoms with E-state index in [1.807, 2.05) is 40.0 Å². The lowest BCUT2D eigenvalue weighted by Gasteiger charge is -2.32. The molecule has 3 heterocycles. The molecule has 1 amide bonds. The highest BCUT2D eigenvalue weighted by atomic mass is 32.2. The van der Waals surface area contributed by atoms with Crippen molar-refractivity contribution in [2.24, 2.45) is 5.92 Å². The van der Waals surface area contributed by atoms with E-state index in [1.165, 1.54) is 17.3 Å². The molecular formula is C24H28N4O3S2. The fourth-order valence-electron chi connectivity index (χ4n) is 4.00. The summed E-state index contributed by atoms with van der Waals surface area (Å²) in [5, 5.41) is 11.2. The van der Waals surface area contributed by atoms with Crippen LogP contribution in [0.4, 0.5) is 0 Å². The third-order valence-corrected chi connectivity index (χ3v) is 7.59. The number of rotatable bonds is 9. The van der Waals surface area contributed by atoms with Gasteiger partial charge in [0.2, 0.25) is 0 Å². The van der Waals surface area contributed by atoms with Gasteiger partial charge in [-0.1, -0.05) is 48.2 Å². The zero-order valence-electron chi connectivity index (χ0n) is 18.7. The first-order valence-electron chi connectivity index (χ1n) is 11.2. The number of likely N-dealkylation sites (tertiary alicyclic amines) is 1. The minimum atomic E-state index is -0.421. The van der Waals surface area contributed by atoms with Crippen LogP contribution < -0.4 is 0 Å². The van der Waals surface area contributed by atoms with Crippen LogP contribution in [0, 0.1) is 5.92 Å². The number of carbonyl (C=O) groups excluding carboxylic acids is 2. The minimum Gasteiger partial charge on any atom is -0.455 e. The molecule has 0 atom stereocenters. The smallest absolute Gasteiger partial charge is 0.316 e. The molecule has 1 aliphatic rings. The molecule has 4 rings (SSSR count). The van der Waals surface area contributed by atoms with Gasteiger partial charge in [-0.2, -0.15) is 0 Å². The number of carbonyl (C=O) groups is 2. The van der Waals surface area contributed by atoms with Gasteiger partial charge in [-0.25, -0.2) is 0 Å². The van der Waals surface area contributed by atoms with Crippen molar-refractivity contribution < 1.29 is 14.3 Å². The van der Waals surface area contributed by atoms with Gasteiger partial charge in [0.1, 0.15) is 0 Å². The average molecular weight is 485 g/mol. The quantitative estimate of drug-likeness (QED) is 0.336. The number of nitrogens with zero attached hydrogens (tertiary/aromatic N) is 4. The summed E-state index contributed by atoms with van der Waals surface area (Å²) in [4.78, 5) is 27.6. The van der Waals surface area contributed by atoms with Crippen LogP contribution in [0.1, 0.15) is 25.3 Å². The third kappa shape index (κ3) is 6.23. The average Bonchev–Trinajstić information content (AvgIpc) is 3.52. The molecule has 9 heteroatoms. The summed E-state index contributed by atoms with van der Waals surface area (Å²) in [6, 6.07) is 14.4. The number of hydrogen-bond donors (Lipinski definition) is 0. The normalized spacial score (nSPS) is 14.4. The molecule has 0 spiro atoms. The Balaban J connectivity index is 1.19. The molecule has 1 saturated heterocycles. The summed E-state index contributed by atoms with van der Waals surface area (Å²) in [7, 11) is 0. The fourth-order valence-corrected chi connectivity index (χ4v) is 5.52. The Hall–Kier alpha value is -2.65. The lowest BCUT2D eigenvalue weighted by Crippen LogP contribution is -2.41. The predicted octanol–water partition coefficient (Wildman–Crippen LogP) is 4.14. The Bertz CT molecular complexity index is 1050. The number of hydrogen-bond acceptors (Lipinski definition) is 7. The largest absolute Gasteiger partial charge is 0.455 e. The summed E-state index contributed by atoms with van der Waals surface area (Å²) in [6.07, 6.45) is 3.00. The molecule has 0 N–H and O–H groups in total. The van der Waals surface area contributed by atoms with Crippen LogP contribution in [0.2, 0.25) is 0 Å². The summed E-state index contributed by atoms with van der Waals surface area (Å²) in [6.45, 7) is 3.95. The molecule has 1 aliphatic heterocycles. The maximum Gasteiger partial charge on any atom is 0.316 e. The van der Waals surface area contributed by atoms with Gasteiger partial charge < -0.3 is 14.2 Å². The molecule has 3 aromatic rings. The van der Waals surface area contributed by atoms with E-state index in [0.717, 1.165) is 30.0 Å². The third-order valence-electron chi connectivity index (χ3n) is 5.78. The van der Waals surface area contributed by atoms with E-state index >= 15 is 0 Å². The molecule has 0 radical (unpaired) electrons. The Kier molecular flexibility index (Phi) is 8.17. The van der Waals surface area contributed by atoms with Crippen molar-refractivity contribution in [3.63, 3.8) is 0 Å². The zero-order valence-corrected chi connectivity index (χ0v) is 20.3. The van der Waals surface area contributed by atoms with E-state index in [0.29, 0.717) is 30.7 Å². The standard InChI is InChI=1S/C24H28N4O3S2/c1-2-28-23(20-9-6-14-32-20)25-26-24(28)33-17-22(30)31-16-21(29)27-12-10-19(11-13-27)15-18-7-4-3-5-8-18/h3-9,14,19H,2,10-13,15-17H2,1H3. The van der Waals surface area contributed by atoms with Crippen LogP contribution in [0.15, 0.2) is 53.0 Å². The molecule has 0 unspecified atom stereocenters. The second kappa shape index (κ2) is 11.5. The van der Waals surface area contributed by atoms with Crippen molar-refractivity contribution in [1.82, 2.24) is 19.7 Å². The summed E-state index contributed by atoms with van der Waals surface area (Å²) in [5.41, 5.74) is 1.34. The molecule has 7 nitrogen and oxygen atoms in total. The number of esters is 1. The topological polar surface area (TPSA) is 77.3 Å². The van der Waals surface area contributed by atoms with Crippen LogP contribution in [-0.4, -0.2) is 57.0 Å². The maximum absolute atomic E-state index is 12.5. The summed E-state index contributed by atoms with van der Waals surface area (Å²) >= 11 is 2.88. The van der Waals surface area contributed by atoms with Crippen LogP contribution in [-0.2, 0) is 27.3 Å². The van der Waals surface area contributed by atoms with Crippen molar-refractivity contribution in [1.29, 1.82) is 0 Å². The van der Waals surface area contributed by atoms with Crippen molar-refractivity contribution in [3.05, 3.63) is 53.4 Å². The highest BCUT2D eigenvalue weighted by molar-refractivity contribution is 7.99. The number of amides is 1. The van der Waals surface area contributed by atoms with E-state index in [-0.39, 0.29) is 18.3 Å². The van der Waals surface area contributed by atoms with Crippen molar-refractivity contribution >= 4 is 35.0 Å². The number of thiophene rings is 1. The fraction of sp³-hybridized carbons (Fsp3) is 0.417. The summed E-state index contributed by atoms with van der Waals surface area (Å²) < 4.78 is 7.23. The number of ether oxygens (including phenoxy) is 1. The van der Waals surface area contributed by atoms with Gasteiger partial charge in [0.25, 0.3) is 5.91 Å². The van der Waals surface area contributed by atoms with E-state index in [4.69, 9.17) is 4.74 Å². The van der Waals surface area contributed by atoms with Gasteiger partial charge in [0.15, 0.2) is 17.6 Å². The molecule has 0 saturated carbocycles. The van der Waals surface area contributed by atoms with Gasteiger partial charge in [-0.3, -0.25) is 9.59 Å². The lowest BCUT2D eigenvalue weighted by atomic mass is 9.90. The van der Waals surface area contributed by atoms with Gasteiger partial charge in [0, 0.05) is 19.6 Å². The Morgan fingerprint density at radius 2 is 1.91 bits per heavy atom. The van der Waals surface area contributed by atoms with Gasteiger partial charge in [-0.15, -0.1) is 21.5 Å². The Morgan fingerprint density at radius 3 is 2.61 bits per heavy atom. The maximum atomic E-state index is 12.5. The molecule has 0 aliphatic carbocycles. The monoisotopic (exact) mass is 484 g/mol. The summed E-state index contributed by atoms with van der Waals surface area (Å²) in [5.74, 6) is 0.938. The number of piperidine rings is 1. The van der Waals surface area contributed by atoms with E-state index < -0.39 is 5.97 Å². The zero-order chi connectivity index (χ0) is 23.0. The number of thioether (sulfide) groups is 1. The highest BCUT2D eigenvalue weighted by Gasteiger charge is 2.24. The van der Waals surface area contributed by atoms with Crippen molar-refractivity contribution in [2.45, 2.75) is 37.9 Å². The van der Waals surface area contributed by atoms with Gasteiger partial charge >= 0.3 is 5.97 Å². The minimum absolute atomic E-state index is 0.0923. The number of aromatic nitrogens is 3. The molecule has 0 bridgehead atoms. The van der Waals surface area contributed by atoms with E-state index in [2.05, 4.69) is 34.5 Å². The van der Waals surface area contributed by atoms with Crippen LogP contribution in [0.25, 0.3) is 10.7 Å². The molecule has 1 fully saturated rings. The van der Waals surface area contributed by atoms with Crippen LogP contribution >= 0.6 is 23.1 Å². The van der Waals surface area contributed by atoms with Gasteiger partial charge in [-0.05, 0) is 49.1 Å². The second-order valence-corrected chi connectivity index (χ2v) is 9.88. The van der Waals surface area contributed by atoms with E-state index in [9.17, 15) is 9.59 Å². The van der Waals surface area contributed by atoms with E-state index in [1.54, 1.807) is 11.3 Å². The molecule has 2 aromatic heterocycles. The SMILES string of the molecule is CCn1c(SCC(=O)OCC(=O)N2CCC(Cc3ccccc3)CC2)nnc1-c1cccs1. The molecule has 33 heavy (non-hydrogen) atoms. The lowest BCUT2D eigenvalue weighted by molar-refractivity contribution is -0.150.